The second kappa shape index (κ2) is 6.00. The minimum atomic E-state index is -0.334. The van der Waals surface area contributed by atoms with Gasteiger partial charge in [-0.15, -0.1) is 11.8 Å². The third-order valence-corrected chi connectivity index (χ3v) is 3.28. The Balaban J connectivity index is 2.49. The molecule has 1 amide bonds. The summed E-state index contributed by atoms with van der Waals surface area (Å²) in [5, 5.41) is 3.57. The molecule has 0 saturated carbocycles. The summed E-state index contributed by atoms with van der Waals surface area (Å²) in [6, 6.07) is 7.18. The number of nitrogens with one attached hydrogen (secondary N) is 1. The molecule has 3 N–H and O–H groups in total. The molecule has 0 fully saturated rings. The number of primary amides is 1. The number of amides is 1. The van der Waals surface area contributed by atoms with Crippen LogP contribution in [0.4, 0.5) is 0 Å². The lowest BCUT2D eigenvalue weighted by Gasteiger charge is -2.11. The summed E-state index contributed by atoms with van der Waals surface area (Å²) < 4.78 is 0. The Morgan fingerprint density at radius 2 is 2.13 bits per heavy atom. The Kier molecular flexibility index (Phi) is 4.94. The van der Waals surface area contributed by atoms with E-state index in [1.165, 1.54) is 0 Å². The molecule has 5 heteroatoms. The van der Waals surface area contributed by atoms with Crippen molar-refractivity contribution < 1.29 is 4.79 Å². The highest BCUT2D eigenvalue weighted by atomic mass is 35.5. The molecule has 0 spiro atoms. The van der Waals surface area contributed by atoms with Gasteiger partial charge in [-0.3, -0.25) is 4.79 Å². The zero-order chi connectivity index (χ0) is 11.3. The summed E-state index contributed by atoms with van der Waals surface area (Å²) in [5.41, 5.74) is 5.20. The quantitative estimate of drug-likeness (QED) is 0.772. The highest BCUT2D eigenvalue weighted by Crippen LogP contribution is 2.20. The summed E-state index contributed by atoms with van der Waals surface area (Å²) in [4.78, 5) is 12.0. The maximum absolute atomic E-state index is 10.9. The molecular formula is C10H13ClN2OS. The highest BCUT2D eigenvalue weighted by Gasteiger charge is 2.12. The average Bonchev–Trinajstić information content (AvgIpc) is 2.21. The molecule has 1 unspecified atom stereocenters. The Bertz CT molecular complexity index is 329. The molecule has 1 atom stereocenters. The largest absolute Gasteiger partial charge is 0.368 e. The topological polar surface area (TPSA) is 55.1 Å². The van der Waals surface area contributed by atoms with Crippen molar-refractivity contribution in [2.75, 3.05) is 12.8 Å². The predicted octanol–water partition coefficient (Wildman–Crippen LogP) is 1.51. The van der Waals surface area contributed by atoms with Gasteiger partial charge >= 0.3 is 0 Å². The average molecular weight is 245 g/mol. The van der Waals surface area contributed by atoms with Gasteiger partial charge in [-0.25, -0.2) is 0 Å². The molecule has 0 aromatic heterocycles. The van der Waals surface area contributed by atoms with Crippen LogP contribution in [0.25, 0.3) is 0 Å². The van der Waals surface area contributed by atoms with Crippen molar-refractivity contribution in [2.45, 2.75) is 10.9 Å². The van der Waals surface area contributed by atoms with E-state index >= 15 is 0 Å². The first-order valence-electron chi connectivity index (χ1n) is 4.48. The molecule has 0 bridgehead atoms. The lowest BCUT2D eigenvalue weighted by Crippen LogP contribution is -2.41. The van der Waals surface area contributed by atoms with E-state index in [4.69, 9.17) is 17.3 Å². The van der Waals surface area contributed by atoms with Gasteiger partial charge in [-0.2, -0.15) is 0 Å². The van der Waals surface area contributed by atoms with Crippen LogP contribution in [-0.2, 0) is 4.79 Å². The molecule has 82 valence electrons. The van der Waals surface area contributed by atoms with Crippen LogP contribution in [-0.4, -0.2) is 24.7 Å². The number of hydrogen-bond donors (Lipinski definition) is 2. The van der Waals surface area contributed by atoms with Crippen LogP contribution < -0.4 is 11.1 Å². The number of rotatable bonds is 5. The van der Waals surface area contributed by atoms with Crippen molar-refractivity contribution in [1.82, 2.24) is 5.32 Å². The maximum Gasteiger partial charge on any atom is 0.235 e. The number of benzene rings is 1. The first kappa shape index (κ1) is 12.4. The smallest absolute Gasteiger partial charge is 0.235 e. The SMILES string of the molecule is CNC(CSc1ccc(Cl)cc1)C(N)=O. The fourth-order valence-electron chi connectivity index (χ4n) is 1.02. The normalized spacial score (nSPS) is 12.4. The lowest BCUT2D eigenvalue weighted by molar-refractivity contribution is -0.119. The van der Waals surface area contributed by atoms with Gasteiger partial charge in [0.1, 0.15) is 0 Å². The molecule has 0 aliphatic carbocycles. The maximum atomic E-state index is 10.9. The van der Waals surface area contributed by atoms with Crippen molar-refractivity contribution in [3.63, 3.8) is 0 Å². The van der Waals surface area contributed by atoms with Crippen molar-refractivity contribution in [3.8, 4) is 0 Å². The molecule has 1 rings (SSSR count). The zero-order valence-corrected chi connectivity index (χ0v) is 9.94. The number of likely N-dealkylation sites (N-methyl/N-ethyl adjacent to an activating group) is 1. The van der Waals surface area contributed by atoms with Crippen LogP contribution in [0.5, 0.6) is 0 Å². The third-order valence-electron chi connectivity index (χ3n) is 1.92. The Labute approximate surface area is 98.4 Å². The Hall–Kier alpha value is -0.710. The van der Waals surface area contributed by atoms with E-state index in [1.54, 1.807) is 18.8 Å². The number of nitrogens with two attached hydrogens (primary N) is 1. The van der Waals surface area contributed by atoms with Gasteiger partial charge in [0.25, 0.3) is 0 Å². The van der Waals surface area contributed by atoms with Gasteiger partial charge in [0.05, 0.1) is 6.04 Å². The second-order valence-corrected chi connectivity index (χ2v) is 4.54. The van der Waals surface area contributed by atoms with Crippen molar-refractivity contribution in [1.29, 1.82) is 0 Å². The van der Waals surface area contributed by atoms with Gasteiger partial charge in [0, 0.05) is 15.7 Å². The van der Waals surface area contributed by atoms with Crippen LogP contribution >= 0.6 is 23.4 Å². The van der Waals surface area contributed by atoms with E-state index in [0.717, 1.165) is 4.90 Å². The Morgan fingerprint density at radius 1 is 1.53 bits per heavy atom. The van der Waals surface area contributed by atoms with Crippen LogP contribution in [0.2, 0.25) is 5.02 Å². The summed E-state index contributed by atoms with van der Waals surface area (Å²) in [5.74, 6) is 0.284. The molecule has 0 aliphatic rings. The number of thioether (sulfide) groups is 1. The van der Waals surface area contributed by atoms with E-state index in [1.807, 2.05) is 24.3 Å². The minimum Gasteiger partial charge on any atom is -0.368 e. The van der Waals surface area contributed by atoms with E-state index < -0.39 is 0 Å². The first-order valence-corrected chi connectivity index (χ1v) is 5.85. The number of hydrogen-bond acceptors (Lipinski definition) is 3. The molecule has 0 radical (unpaired) electrons. The van der Waals surface area contributed by atoms with Gasteiger partial charge in [-0.05, 0) is 31.3 Å². The van der Waals surface area contributed by atoms with Crippen LogP contribution in [0.1, 0.15) is 0 Å². The minimum absolute atomic E-state index is 0.300. The van der Waals surface area contributed by atoms with Crippen molar-refractivity contribution in [2.24, 2.45) is 5.73 Å². The number of halogens is 1. The molecule has 0 saturated heterocycles. The summed E-state index contributed by atoms with van der Waals surface area (Å²) in [7, 11) is 1.72. The van der Waals surface area contributed by atoms with Crippen molar-refractivity contribution >= 4 is 29.3 Å². The molecule has 1 aromatic rings. The van der Waals surface area contributed by atoms with E-state index in [-0.39, 0.29) is 11.9 Å². The molecule has 0 aliphatic heterocycles. The number of carbonyl (C=O) groups is 1. The fraction of sp³-hybridized carbons (Fsp3) is 0.300. The third kappa shape index (κ3) is 4.11. The van der Waals surface area contributed by atoms with E-state index in [2.05, 4.69) is 5.32 Å². The Morgan fingerprint density at radius 3 is 2.60 bits per heavy atom. The number of carbonyl (C=O) groups excluding carboxylic acids is 1. The second-order valence-electron chi connectivity index (χ2n) is 3.01. The summed E-state index contributed by atoms with van der Waals surface area (Å²) in [6.45, 7) is 0. The molecular weight excluding hydrogens is 232 g/mol. The van der Waals surface area contributed by atoms with Crippen LogP contribution in [0.3, 0.4) is 0 Å². The monoisotopic (exact) mass is 244 g/mol. The van der Waals surface area contributed by atoms with Gasteiger partial charge < -0.3 is 11.1 Å². The first-order chi connectivity index (χ1) is 7.13. The van der Waals surface area contributed by atoms with E-state index in [9.17, 15) is 4.79 Å². The molecule has 3 nitrogen and oxygen atoms in total. The highest BCUT2D eigenvalue weighted by molar-refractivity contribution is 7.99. The van der Waals surface area contributed by atoms with E-state index in [0.29, 0.717) is 10.8 Å². The lowest BCUT2D eigenvalue weighted by atomic mass is 10.3. The summed E-state index contributed by atoms with van der Waals surface area (Å²) >= 11 is 7.32. The summed E-state index contributed by atoms with van der Waals surface area (Å²) in [6.07, 6.45) is 0. The van der Waals surface area contributed by atoms with Gasteiger partial charge in [0.2, 0.25) is 5.91 Å². The predicted molar refractivity (Wildman–Crippen MR) is 64.2 cm³/mol. The van der Waals surface area contributed by atoms with Crippen LogP contribution in [0.15, 0.2) is 29.2 Å². The molecule has 0 heterocycles. The zero-order valence-electron chi connectivity index (χ0n) is 8.37. The molecule has 15 heavy (non-hydrogen) atoms. The molecule has 1 aromatic carbocycles. The standard InChI is InChI=1S/C10H13ClN2OS/c1-13-9(10(12)14)6-15-8-4-2-7(11)3-5-8/h2-5,9,13H,6H2,1H3,(H2,12,14). The van der Waals surface area contributed by atoms with Crippen LogP contribution in [0, 0.1) is 0 Å². The van der Waals surface area contributed by atoms with Crippen molar-refractivity contribution in [3.05, 3.63) is 29.3 Å². The fourth-order valence-corrected chi connectivity index (χ4v) is 2.16. The van der Waals surface area contributed by atoms with Gasteiger partial charge in [0.15, 0.2) is 0 Å². The van der Waals surface area contributed by atoms with Gasteiger partial charge in [-0.1, -0.05) is 11.6 Å².